The Hall–Kier alpha value is -2.98. The van der Waals surface area contributed by atoms with Gasteiger partial charge in [0, 0.05) is 16.8 Å². The van der Waals surface area contributed by atoms with E-state index in [2.05, 4.69) is 5.32 Å². The number of nitrogens with one attached hydrogen (secondary N) is 1. The molecule has 130 valence electrons. The molecular weight excluding hydrogens is 326 g/mol. The molecule has 0 fully saturated rings. The SMILES string of the molecule is CCc1ccc2c(c1)[C@@](O)(CC(=O)c1ccc3ccccc3c1)C(=O)N2. The van der Waals surface area contributed by atoms with E-state index in [-0.39, 0.29) is 12.2 Å². The molecule has 4 heteroatoms. The number of hydrogen-bond donors (Lipinski definition) is 2. The second kappa shape index (κ2) is 6.07. The first-order valence-corrected chi connectivity index (χ1v) is 8.70. The summed E-state index contributed by atoms with van der Waals surface area (Å²) in [5.41, 5.74) is 0.724. The van der Waals surface area contributed by atoms with E-state index in [1.165, 1.54) is 0 Å². The molecule has 1 aliphatic rings. The summed E-state index contributed by atoms with van der Waals surface area (Å²) < 4.78 is 0. The molecule has 0 radical (unpaired) electrons. The Kier molecular flexibility index (Phi) is 3.85. The molecule has 3 aromatic carbocycles. The highest BCUT2D eigenvalue weighted by Crippen LogP contribution is 2.39. The fourth-order valence-electron chi connectivity index (χ4n) is 3.48. The lowest BCUT2D eigenvalue weighted by atomic mass is 9.87. The number of carbonyl (C=O) groups excluding carboxylic acids is 2. The molecule has 0 aliphatic carbocycles. The smallest absolute Gasteiger partial charge is 0.261 e. The lowest BCUT2D eigenvalue weighted by Crippen LogP contribution is -2.36. The Morgan fingerprint density at radius 3 is 2.58 bits per heavy atom. The van der Waals surface area contributed by atoms with E-state index in [9.17, 15) is 14.7 Å². The van der Waals surface area contributed by atoms with Crippen molar-refractivity contribution < 1.29 is 14.7 Å². The third-order valence-corrected chi connectivity index (χ3v) is 5.05. The normalized spacial score (nSPS) is 18.6. The Bertz CT molecular complexity index is 1040. The number of ketones is 1. The highest BCUT2D eigenvalue weighted by Gasteiger charge is 2.46. The number of carbonyl (C=O) groups is 2. The van der Waals surface area contributed by atoms with Crippen molar-refractivity contribution in [3.63, 3.8) is 0 Å². The first-order valence-electron chi connectivity index (χ1n) is 8.70. The van der Waals surface area contributed by atoms with Crippen molar-refractivity contribution in [2.24, 2.45) is 0 Å². The van der Waals surface area contributed by atoms with E-state index >= 15 is 0 Å². The van der Waals surface area contributed by atoms with Gasteiger partial charge in [0.1, 0.15) is 0 Å². The van der Waals surface area contributed by atoms with Gasteiger partial charge in [-0.1, -0.05) is 55.5 Å². The number of rotatable bonds is 4. The van der Waals surface area contributed by atoms with Crippen molar-refractivity contribution in [3.8, 4) is 0 Å². The van der Waals surface area contributed by atoms with E-state index < -0.39 is 11.5 Å². The maximum Gasteiger partial charge on any atom is 0.261 e. The van der Waals surface area contributed by atoms with Gasteiger partial charge in [-0.3, -0.25) is 9.59 Å². The van der Waals surface area contributed by atoms with E-state index in [1.54, 1.807) is 24.3 Å². The second-order valence-electron chi connectivity index (χ2n) is 6.71. The van der Waals surface area contributed by atoms with Crippen LogP contribution < -0.4 is 5.32 Å². The zero-order chi connectivity index (χ0) is 18.3. The number of amides is 1. The Morgan fingerprint density at radius 1 is 1.04 bits per heavy atom. The fraction of sp³-hybridized carbons (Fsp3) is 0.182. The van der Waals surface area contributed by atoms with Crippen molar-refractivity contribution in [3.05, 3.63) is 77.4 Å². The molecule has 1 atom stereocenters. The van der Waals surface area contributed by atoms with Crippen LogP contribution in [0.25, 0.3) is 10.8 Å². The van der Waals surface area contributed by atoms with E-state index in [0.717, 1.165) is 22.8 Å². The summed E-state index contributed by atoms with van der Waals surface area (Å²) >= 11 is 0. The lowest BCUT2D eigenvalue weighted by Gasteiger charge is -2.20. The average Bonchev–Trinajstić information content (AvgIpc) is 2.91. The summed E-state index contributed by atoms with van der Waals surface area (Å²) in [7, 11) is 0. The summed E-state index contributed by atoms with van der Waals surface area (Å²) in [5, 5.41) is 15.7. The minimum atomic E-state index is -1.83. The standard InChI is InChI=1S/C22H19NO3/c1-2-14-7-10-19-18(11-14)22(26,21(25)23-19)13-20(24)17-9-8-15-5-3-4-6-16(15)12-17/h3-12,26H,2,13H2,1H3,(H,23,25)/t22-/m0/s1. The van der Waals surface area contributed by atoms with Crippen LogP contribution in [0.4, 0.5) is 5.69 Å². The van der Waals surface area contributed by atoms with Crippen LogP contribution in [-0.2, 0) is 16.8 Å². The van der Waals surface area contributed by atoms with Crippen LogP contribution >= 0.6 is 0 Å². The van der Waals surface area contributed by atoms with E-state index in [0.29, 0.717) is 16.8 Å². The number of hydrogen-bond acceptors (Lipinski definition) is 3. The van der Waals surface area contributed by atoms with Crippen LogP contribution in [0.15, 0.2) is 60.7 Å². The van der Waals surface area contributed by atoms with Gasteiger partial charge >= 0.3 is 0 Å². The lowest BCUT2D eigenvalue weighted by molar-refractivity contribution is -0.133. The number of anilines is 1. The summed E-state index contributed by atoms with van der Waals surface area (Å²) in [6.45, 7) is 2.01. The number of aliphatic hydroxyl groups is 1. The van der Waals surface area contributed by atoms with Gasteiger partial charge < -0.3 is 10.4 Å². The number of Topliss-reactive ketones (excluding diaryl/α,β-unsaturated/α-hetero) is 1. The van der Waals surface area contributed by atoms with E-state index in [4.69, 9.17) is 0 Å². The molecule has 26 heavy (non-hydrogen) atoms. The van der Waals surface area contributed by atoms with Gasteiger partial charge in [-0.2, -0.15) is 0 Å². The van der Waals surface area contributed by atoms with Gasteiger partial charge in [0.2, 0.25) is 0 Å². The molecule has 0 saturated heterocycles. The van der Waals surface area contributed by atoms with Crippen molar-refractivity contribution >= 4 is 28.2 Å². The molecule has 0 unspecified atom stereocenters. The number of aryl methyl sites for hydroxylation is 1. The molecule has 0 saturated carbocycles. The second-order valence-corrected chi connectivity index (χ2v) is 6.71. The van der Waals surface area contributed by atoms with Crippen LogP contribution in [0.3, 0.4) is 0 Å². The summed E-state index contributed by atoms with van der Waals surface area (Å²) in [6.07, 6.45) is 0.507. The zero-order valence-electron chi connectivity index (χ0n) is 14.5. The summed E-state index contributed by atoms with van der Waals surface area (Å²) in [6, 6.07) is 18.7. The Morgan fingerprint density at radius 2 is 1.81 bits per heavy atom. The quantitative estimate of drug-likeness (QED) is 0.707. The van der Waals surface area contributed by atoms with Gasteiger partial charge in [0.15, 0.2) is 11.4 Å². The van der Waals surface area contributed by atoms with Crippen molar-refractivity contribution in [2.45, 2.75) is 25.4 Å². The predicted molar refractivity (Wildman–Crippen MR) is 101 cm³/mol. The molecule has 1 heterocycles. The molecule has 4 nitrogen and oxygen atoms in total. The zero-order valence-corrected chi connectivity index (χ0v) is 14.5. The molecular formula is C22H19NO3. The first kappa shape index (κ1) is 16.5. The maximum absolute atomic E-state index is 12.8. The number of benzene rings is 3. The summed E-state index contributed by atoms with van der Waals surface area (Å²) in [5.74, 6) is -0.807. The molecule has 0 spiro atoms. The van der Waals surface area contributed by atoms with Crippen LogP contribution in [-0.4, -0.2) is 16.8 Å². The highest BCUT2D eigenvalue weighted by molar-refractivity contribution is 6.10. The van der Waals surface area contributed by atoms with Gasteiger partial charge in [-0.15, -0.1) is 0 Å². The molecule has 3 aromatic rings. The largest absolute Gasteiger partial charge is 0.375 e. The Labute approximate surface area is 151 Å². The summed E-state index contributed by atoms with van der Waals surface area (Å²) in [4.78, 5) is 25.2. The third kappa shape index (κ3) is 2.59. The fourth-order valence-corrected chi connectivity index (χ4v) is 3.48. The average molecular weight is 345 g/mol. The molecule has 1 aliphatic heterocycles. The number of fused-ring (bicyclic) bond motifs is 2. The minimum absolute atomic E-state index is 0.261. The van der Waals surface area contributed by atoms with Gasteiger partial charge in [0.25, 0.3) is 5.91 Å². The maximum atomic E-state index is 12.8. The van der Waals surface area contributed by atoms with Crippen molar-refractivity contribution in [1.29, 1.82) is 0 Å². The molecule has 2 N–H and O–H groups in total. The van der Waals surface area contributed by atoms with Crippen LogP contribution in [0.1, 0.15) is 34.8 Å². The molecule has 0 bridgehead atoms. The minimum Gasteiger partial charge on any atom is -0.375 e. The van der Waals surface area contributed by atoms with Gasteiger partial charge in [0.05, 0.1) is 6.42 Å². The van der Waals surface area contributed by atoms with Crippen LogP contribution in [0.5, 0.6) is 0 Å². The predicted octanol–water partition coefficient (Wildman–Crippen LogP) is 3.81. The first-order chi connectivity index (χ1) is 12.5. The highest BCUT2D eigenvalue weighted by atomic mass is 16.3. The monoisotopic (exact) mass is 345 g/mol. The van der Waals surface area contributed by atoms with E-state index in [1.807, 2.05) is 43.3 Å². The van der Waals surface area contributed by atoms with Crippen molar-refractivity contribution in [1.82, 2.24) is 0 Å². The Balaban J connectivity index is 1.69. The third-order valence-electron chi connectivity index (χ3n) is 5.05. The molecule has 1 amide bonds. The van der Waals surface area contributed by atoms with Gasteiger partial charge in [-0.05, 0) is 34.9 Å². The van der Waals surface area contributed by atoms with Gasteiger partial charge in [-0.25, -0.2) is 0 Å². The molecule has 4 rings (SSSR count). The van der Waals surface area contributed by atoms with Crippen LogP contribution in [0.2, 0.25) is 0 Å². The van der Waals surface area contributed by atoms with Crippen molar-refractivity contribution in [2.75, 3.05) is 5.32 Å². The molecule has 0 aromatic heterocycles. The topological polar surface area (TPSA) is 66.4 Å². The van der Waals surface area contributed by atoms with Crippen LogP contribution in [0, 0.1) is 0 Å².